The number of rotatable bonds is 5. The Balaban J connectivity index is 2.70. The molecule has 0 spiro atoms. The lowest BCUT2D eigenvalue weighted by Crippen LogP contribution is -2.20. The van der Waals surface area contributed by atoms with Crippen LogP contribution in [0.25, 0.3) is 6.08 Å². The van der Waals surface area contributed by atoms with Gasteiger partial charge >= 0.3 is 0 Å². The van der Waals surface area contributed by atoms with Crippen LogP contribution in [0.1, 0.15) is 82.4 Å². The number of ether oxygens (including phenoxy) is 1. The van der Waals surface area contributed by atoms with Gasteiger partial charge in [0.15, 0.2) is 5.78 Å². The summed E-state index contributed by atoms with van der Waals surface area (Å²) in [7, 11) is 0. The maximum Gasteiger partial charge on any atom is 0.185 e. The van der Waals surface area contributed by atoms with Crippen LogP contribution in [0.4, 0.5) is 0 Å². The highest BCUT2D eigenvalue weighted by Crippen LogP contribution is 2.45. The molecule has 0 heterocycles. The fraction of sp³-hybridized carbons (Fsp3) is 0.423. The lowest BCUT2D eigenvalue weighted by atomic mass is 9.78. The number of benzene rings is 2. The van der Waals surface area contributed by atoms with E-state index in [1.165, 1.54) is 18.2 Å². The van der Waals surface area contributed by atoms with Crippen LogP contribution in [-0.2, 0) is 10.8 Å². The third kappa shape index (κ3) is 5.44. The van der Waals surface area contributed by atoms with E-state index in [-0.39, 0.29) is 34.2 Å². The molecule has 0 saturated heterocycles. The van der Waals surface area contributed by atoms with Crippen LogP contribution in [0, 0.1) is 0 Å². The van der Waals surface area contributed by atoms with Gasteiger partial charge in [-0.3, -0.25) is 4.79 Å². The smallest absolute Gasteiger partial charge is 0.185 e. The summed E-state index contributed by atoms with van der Waals surface area (Å²) >= 11 is 0. The van der Waals surface area contributed by atoms with Crippen LogP contribution < -0.4 is 4.74 Å². The number of aromatic hydroxyl groups is 2. The van der Waals surface area contributed by atoms with E-state index in [1.54, 1.807) is 18.2 Å². The molecule has 2 N–H and O–H groups in total. The Hall–Kier alpha value is -2.75. The third-order valence-corrected chi connectivity index (χ3v) is 4.81. The van der Waals surface area contributed by atoms with E-state index in [4.69, 9.17) is 4.74 Å². The molecule has 0 saturated carbocycles. The van der Waals surface area contributed by atoms with Gasteiger partial charge in [0, 0.05) is 16.7 Å². The van der Waals surface area contributed by atoms with Gasteiger partial charge in [-0.25, -0.2) is 0 Å². The molecule has 0 unspecified atom stereocenters. The van der Waals surface area contributed by atoms with Gasteiger partial charge in [0.2, 0.25) is 0 Å². The number of hydrogen-bond acceptors (Lipinski definition) is 4. The van der Waals surface area contributed by atoms with Crippen LogP contribution in [0.3, 0.4) is 0 Å². The second-order valence-electron chi connectivity index (χ2n) is 9.97. The molecule has 0 aliphatic rings. The zero-order valence-electron chi connectivity index (χ0n) is 19.3. The Morgan fingerprint density at radius 2 is 1.47 bits per heavy atom. The van der Waals surface area contributed by atoms with Crippen LogP contribution in [0.2, 0.25) is 0 Å². The normalized spacial score (nSPS) is 12.6. The number of carbonyl (C=O) groups excluding carboxylic acids is 1. The Bertz CT molecular complexity index is 937. The molecule has 0 aliphatic carbocycles. The summed E-state index contributed by atoms with van der Waals surface area (Å²) in [6.45, 7) is 16.3. The highest BCUT2D eigenvalue weighted by Gasteiger charge is 2.29. The summed E-state index contributed by atoms with van der Waals surface area (Å²) in [5.74, 6) is 0.607. The molecule has 4 heteroatoms. The molecule has 0 fully saturated rings. The minimum absolute atomic E-state index is 0.0917. The predicted molar refractivity (Wildman–Crippen MR) is 123 cm³/mol. The highest BCUT2D eigenvalue weighted by molar-refractivity contribution is 6.07. The number of allylic oxidation sites excluding steroid dienone is 1. The maximum absolute atomic E-state index is 12.6. The molecule has 0 aliphatic heterocycles. The SMILES string of the molecule is CC(C)Oc1c(C(C)(C)C)cc(C(C)(C)C)c(O)c1/C=C/C(=O)c1ccc(O)cc1. The van der Waals surface area contributed by atoms with Crippen molar-refractivity contribution in [2.45, 2.75) is 72.3 Å². The molecular formula is C26H34O4. The topological polar surface area (TPSA) is 66.8 Å². The van der Waals surface area contributed by atoms with Gasteiger partial charge in [-0.15, -0.1) is 0 Å². The van der Waals surface area contributed by atoms with E-state index < -0.39 is 0 Å². The largest absolute Gasteiger partial charge is 0.508 e. The van der Waals surface area contributed by atoms with E-state index in [0.717, 1.165) is 11.1 Å². The van der Waals surface area contributed by atoms with Crippen molar-refractivity contribution in [1.82, 2.24) is 0 Å². The average molecular weight is 411 g/mol. The Morgan fingerprint density at radius 1 is 0.933 bits per heavy atom. The summed E-state index contributed by atoms with van der Waals surface area (Å²) in [5.41, 5.74) is 2.24. The monoisotopic (exact) mass is 410 g/mol. The molecule has 0 bridgehead atoms. The minimum Gasteiger partial charge on any atom is -0.508 e. The van der Waals surface area contributed by atoms with E-state index in [2.05, 4.69) is 20.8 Å². The van der Waals surface area contributed by atoms with Gasteiger partial charge in [-0.05, 0) is 67.2 Å². The predicted octanol–water partition coefficient (Wildman–Crippen LogP) is 6.38. The summed E-state index contributed by atoms with van der Waals surface area (Å²) in [4.78, 5) is 12.6. The van der Waals surface area contributed by atoms with Gasteiger partial charge in [0.1, 0.15) is 17.2 Å². The average Bonchev–Trinajstić information content (AvgIpc) is 2.59. The number of phenols is 2. The first-order valence-corrected chi connectivity index (χ1v) is 10.3. The van der Waals surface area contributed by atoms with Crippen LogP contribution in [0.15, 0.2) is 36.4 Å². The molecule has 4 nitrogen and oxygen atoms in total. The maximum atomic E-state index is 12.6. The molecule has 0 amide bonds. The molecule has 2 aromatic carbocycles. The summed E-state index contributed by atoms with van der Waals surface area (Å²) in [5, 5.41) is 20.6. The molecule has 2 rings (SSSR count). The van der Waals surface area contributed by atoms with Crippen LogP contribution >= 0.6 is 0 Å². The van der Waals surface area contributed by atoms with Crippen LogP contribution in [0.5, 0.6) is 17.2 Å². The van der Waals surface area contributed by atoms with Crippen molar-refractivity contribution in [1.29, 1.82) is 0 Å². The van der Waals surface area contributed by atoms with Gasteiger partial charge in [-0.1, -0.05) is 41.5 Å². The summed E-state index contributed by atoms with van der Waals surface area (Å²) in [6.07, 6.45) is 2.98. The molecular weight excluding hydrogens is 376 g/mol. The first-order valence-electron chi connectivity index (χ1n) is 10.3. The Morgan fingerprint density at radius 3 is 1.93 bits per heavy atom. The van der Waals surface area contributed by atoms with E-state index in [1.807, 2.05) is 40.7 Å². The van der Waals surface area contributed by atoms with Crippen molar-refractivity contribution < 1.29 is 19.7 Å². The van der Waals surface area contributed by atoms with Crippen molar-refractivity contribution in [3.63, 3.8) is 0 Å². The Labute approximate surface area is 180 Å². The second kappa shape index (κ2) is 8.55. The minimum atomic E-state index is -0.288. The van der Waals surface area contributed by atoms with E-state index >= 15 is 0 Å². The standard InChI is InChI=1S/C26H34O4/c1-16(2)30-24-19(13-14-22(28)17-9-11-18(27)12-10-17)23(29)20(25(3,4)5)15-21(24)26(6,7)8/h9-16,27,29H,1-8H3/b14-13+. The van der Waals surface area contributed by atoms with Gasteiger partial charge in [-0.2, -0.15) is 0 Å². The van der Waals surface area contributed by atoms with Crippen molar-refractivity contribution in [2.24, 2.45) is 0 Å². The third-order valence-electron chi connectivity index (χ3n) is 4.81. The Kier molecular flexibility index (Phi) is 6.70. The number of carbonyl (C=O) groups is 1. The van der Waals surface area contributed by atoms with Crippen LogP contribution in [-0.4, -0.2) is 22.1 Å². The first kappa shape index (κ1) is 23.5. The molecule has 2 aromatic rings. The van der Waals surface area contributed by atoms with E-state index in [9.17, 15) is 15.0 Å². The lowest BCUT2D eigenvalue weighted by Gasteiger charge is -2.30. The number of phenolic OH excluding ortho intramolecular Hbond substituents is 2. The molecule has 0 aromatic heterocycles. The molecule has 0 radical (unpaired) electrons. The second-order valence-corrected chi connectivity index (χ2v) is 9.97. The number of ketones is 1. The molecule has 162 valence electrons. The zero-order valence-corrected chi connectivity index (χ0v) is 19.3. The van der Waals surface area contributed by atoms with Gasteiger partial charge in [0.25, 0.3) is 0 Å². The fourth-order valence-corrected chi connectivity index (χ4v) is 3.20. The van der Waals surface area contributed by atoms with Crippen molar-refractivity contribution >= 4 is 11.9 Å². The molecule has 0 atom stereocenters. The quantitative estimate of drug-likeness (QED) is 0.443. The van der Waals surface area contributed by atoms with Gasteiger partial charge < -0.3 is 14.9 Å². The fourth-order valence-electron chi connectivity index (χ4n) is 3.20. The summed E-state index contributed by atoms with van der Waals surface area (Å²) < 4.78 is 6.15. The van der Waals surface area contributed by atoms with Gasteiger partial charge in [0.05, 0.1) is 11.7 Å². The molecule has 30 heavy (non-hydrogen) atoms. The lowest BCUT2D eigenvalue weighted by molar-refractivity contribution is 0.104. The zero-order chi connectivity index (χ0) is 22.9. The van der Waals surface area contributed by atoms with Crippen molar-refractivity contribution in [3.8, 4) is 17.2 Å². The first-order chi connectivity index (χ1) is 13.7. The van der Waals surface area contributed by atoms with E-state index in [0.29, 0.717) is 16.9 Å². The number of hydrogen-bond donors (Lipinski definition) is 2. The summed E-state index contributed by atoms with van der Waals surface area (Å²) in [6, 6.07) is 8.11. The highest BCUT2D eigenvalue weighted by atomic mass is 16.5. The van der Waals surface area contributed by atoms with Crippen molar-refractivity contribution in [3.05, 3.63) is 58.7 Å². The van der Waals surface area contributed by atoms with Crippen molar-refractivity contribution in [2.75, 3.05) is 0 Å².